The number of anilines is 1. The summed E-state index contributed by atoms with van der Waals surface area (Å²) in [6, 6.07) is 12.2. The van der Waals surface area contributed by atoms with Crippen LogP contribution in [0.5, 0.6) is 0 Å². The van der Waals surface area contributed by atoms with Crippen molar-refractivity contribution >= 4 is 23.4 Å². The Balaban J connectivity index is 1.33. The van der Waals surface area contributed by atoms with E-state index in [0.29, 0.717) is 11.6 Å². The van der Waals surface area contributed by atoms with E-state index in [1.165, 1.54) is 6.33 Å². The molecule has 8 nitrogen and oxygen atoms in total. The van der Waals surface area contributed by atoms with Crippen molar-refractivity contribution in [2.75, 3.05) is 25.0 Å². The summed E-state index contributed by atoms with van der Waals surface area (Å²) in [5, 5.41) is 14.4. The first-order valence-electron chi connectivity index (χ1n) is 9.50. The Kier molecular flexibility index (Phi) is 5.90. The number of rotatable bonds is 5. The molecule has 1 aliphatic rings. The fourth-order valence-electron chi connectivity index (χ4n) is 3.43. The molecule has 3 heterocycles. The van der Waals surface area contributed by atoms with Gasteiger partial charge in [0.05, 0.1) is 5.02 Å². The lowest BCUT2D eigenvalue weighted by Gasteiger charge is -2.20. The lowest BCUT2D eigenvalue weighted by Crippen LogP contribution is -2.44. The Labute approximate surface area is 174 Å². The van der Waals surface area contributed by atoms with Gasteiger partial charge in [-0.2, -0.15) is 5.10 Å². The summed E-state index contributed by atoms with van der Waals surface area (Å²) in [4.78, 5) is 15.2. The van der Waals surface area contributed by atoms with Gasteiger partial charge in [0, 0.05) is 44.5 Å². The number of H-pyrrole nitrogens is 1. The van der Waals surface area contributed by atoms with Gasteiger partial charge in [0.2, 0.25) is 0 Å². The number of nitrogens with zero attached hydrogens (tertiary/aromatic N) is 5. The molecule has 0 bridgehead atoms. The van der Waals surface area contributed by atoms with Crippen molar-refractivity contribution in [2.45, 2.75) is 19.0 Å². The summed E-state index contributed by atoms with van der Waals surface area (Å²) in [6.07, 6.45) is 4.28. The number of guanidine groups is 1. The predicted molar refractivity (Wildman–Crippen MR) is 115 cm³/mol. The standard InChI is InChI=1S/C20H23ClN8/c1-22-20(24-11-14-4-2-5-15(10-14)18-25-13-26-28-18)27-16-7-9-29(12-16)19-17(21)6-3-8-23-19/h2-6,8,10,13,16H,7,9,11-12H2,1H3,(H2,22,24,27)(H,25,26,28). The number of benzene rings is 1. The van der Waals surface area contributed by atoms with Gasteiger partial charge in [0.1, 0.15) is 12.1 Å². The highest BCUT2D eigenvalue weighted by atomic mass is 35.5. The molecule has 3 aromatic rings. The van der Waals surface area contributed by atoms with Crippen molar-refractivity contribution < 1.29 is 0 Å². The summed E-state index contributed by atoms with van der Waals surface area (Å²) in [5.74, 6) is 2.37. The molecule has 1 fully saturated rings. The third-order valence-electron chi connectivity index (χ3n) is 4.87. The average molecular weight is 411 g/mol. The number of halogens is 1. The Hall–Kier alpha value is -3.13. The van der Waals surface area contributed by atoms with Gasteiger partial charge in [-0.3, -0.25) is 10.1 Å². The summed E-state index contributed by atoms with van der Waals surface area (Å²) in [7, 11) is 1.78. The smallest absolute Gasteiger partial charge is 0.191 e. The molecular formula is C20H23ClN8. The van der Waals surface area contributed by atoms with E-state index in [2.05, 4.69) is 52.8 Å². The molecule has 2 aromatic heterocycles. The maximum absolute atomic E-state index is 6.28. The second kappa shape index (κ2) is 8.91. The van der Waals surface area contributed by atoms with Gasteiger partial charge in [-0.05, 0) is 30.2 Å². The Morgan fingerprint density at radius 1 is 1.31 bits per heavy atom. The van der Waals surface area contributed by atoms with Crippen molar-refractivity contribution in [3.05, 3.63) is 59.5 Å². The van der Waals surface area contributed by atoms with Gasteiger partial charge in [-0.15, -0.1) is 0 Å². The second-order valence-electron chi connectivity index (χ2n) is 6.85. The number of aromatic amines is 1. The largest absolute Gasteiger partial charge is 0.353 e. The fourth-order valence-corrected chi connectivity index (χ4v) is 3.67. The molecule has 0 spiro atoms. The van der Waals surface area contributed by atoms with Crippen LogP contribution in [0.2, 0.25) is 5.02 Å². The first kappa shape index (κ1) is 19.2. The summed E-state index contributed by atoms with van der Waals surface area (Å²) >= 11 is 6.28. The highest BCUT2D eigenvalue weighted by Gasteiger charge is 2.25. The fraction of sp³-hybridized carbons (Fsp3) is 0.300. The van der Waals surface area contributed by atoms with Crippen LogP contribution in [0.3, 0.4) is 0 Å². The van der Waals surface area contributed by atoms with Gasteiger partial charge in [-0.25, -0.2) is 9.97 Å². The van der Waals surface area contributed by atoms with Crippen molar-refractivity contribution in [2.24, 2.45) is 4.99 Å². The van der Waals surface area contributed by atoms with Gasteiger partial charge < -0.3 is 15.5 Å². The van der Waals surface area contributed by atoms with Crippen LogP contribution in [0.15, 0.2) is 53.9 Å². The summed E-state index contributed by atoms with van der Waals surface area (Å²) in [6.45, 7) is 2.40. The molecule has 0 radical (unpaired) electrons. The lowest BCUT2D eigenvalue weighted by atomic mass is 10.1. The summed E-state index contributed by atoms with van der Waals surface area (Å²) in [5.41, 5.74) is 2.14. The van der Waals surface area contributed by atoms with Crippen LogP contribution in [0.1, 0.15) is 12.0 Å². The van der Waals surface area contributed by atoms with Crippen LogP contribution < -0.4 is 15.5 Å². The Morgan fingerprint density at radius 3 is 3.03 bits per heavy atom. The molecule has 1 aliphatic heterocycles. The highest BCUT2D eigenvalue weighted by Crippen LogP contribution is 2.25. The van der Waals surface area contributed by atoms with E-state index in [-0.39, 0.29) is 6.04 Å². The van der Waals surface area contributed by atoms with Gasteiger partial charge in [0.15, 0.2) is 11.8 Å². The van der Waals surface area contributed by atoms with E-state index in [1.54, 1.807) is 13.2 Å². The van der Waals surface area contributed by atoms with E-state index in [1.807, 2.05) is 24.3 Å². The minimum Gasteiger partial charge on any atom is -0.353 e. The van der Waals surface area contributed by atoms with E-state index in [4.69, 9.17) is 11.6 Å². The molecule has 3 N–H and O–H groups in total. The molecule has 1 saturated heterocycles. The van der Waals surface area contributed by atoms with E-state index >= 15 is 0 Å². The van der Waals surface area contributed by atoms with Crippen molar-refractivity contribution in [1.29, 1.82) is 0 Å². The van der Waals surface area contributed by atoms with Crippen LogP contribution in [-0.2, 0) is 6.54 Å². The third-order valence-corrected chi connectivity index (χ3v) is 5.16. The number of aromatic nitrogens is 4. The zero-order chi connectivity index (χ0) is 20.1. The third kappa shape index (κ3) is 4.65. The van der Waals surface area contributed by atoms with Crippen molar-refractivity contribution in [1.82, 2.24) is 30.8 Å². The molecule has 4 rings (SSSR count). The quantitative estimate of drug-likeness (QED) is 0.442. The van der Waals surface area contributed by atoms with Gasteiger partial charge >= 0.3 is 0 Å². The van der Waals surface area contributed by atoms with Crippen molar-refractivity contribution in [3.63, 3.8) is 0 Å². The molecule has 0 aliphatic carbocycles. The first-order valence-corrected chi connectivity index (χ1v) is 9.88. The first-order chi connectivity index (χ1) is 14.2. The topological polar surface area (TPSA) is 94.1 Å². The molecule has 29 heavy (non-hydrogen) atoms. The van der Waals surface area contributed by atoms with Crippen LogP contribution in [0, 0.1) is 0 Å². The highest BCUT2D eigenvalue weighted by molar-refractivity contribution is 6.32. The van der Waals surface area contributed by atoms with E-state index in [9.17, 15) is 0 Å². The number of hydrogen-bond acceptors (Lipinski definition) is 5. The van der Waals surface area contributed by atoms with Crippen LogP contribution >= 0.6 is 11.6 Å². The Bertz CT molecular complexity index is 972. The molecule has 9 heteroatoms. The molecule has 1 aromatic carbocycles. The van der Waals surface area contributed by atoms with Crippen molar-refractivity contribution in [3.8, 4) is 11.4 Å². The Morgan fingerprint density at radius 2 is 2.24 bits per heavy atom. The maximum Gasteiger partial charge on any atom is 0.191 e. The number of nitrogens with one attached hydrogen (secondary N) is 3. The van der Waals surface area contributed by atoms with Crippen LogP contribution in [0.4, 0.5) is 5.82 Å². The van der Waals surface area contributed by atoms with Crippen LogP contribution in [0.25, 0.3) is 11.4 Å². The minimum absolute atomic E-state index is 0.278. The molecule has 0 amide bonds. The van der Waals surface area contributed by atoms with Gasteiger partial charge in [-0.1, -0.05) is 29.8 Å². The molecule has 1 unspecified atom stereocenters. The van der Waals surface area contributed by atoms with Crippen LogP contribution in [-0.4, -0.2) is 52.3 Å². The number of aliphatic imine (C=N–C) groups is 1. The SMILES string of the molecule is CN=C(NCc1cccc(-c2ncn[nH]2)c1)NC1CCN(c2ncccc2Cl)C1. The van der Waals surface area contributed by atoms with E-state index < -0.39 is 0 Å². The lowest BCUT2D eigenvalue weighted by molar-refractivity contribution is 0.648. The van der Waals surface area contributed by atoms with Gasteiger partial charge in [0.25, 0.3) is 0 Å². The number of pyridine rings is 1. The molecular weight excluding hydrogens is 388 g/mol. The molecule has 150 valence electrons. The summed E-state index contributed by atoms with van der Waals surface area (Å²) < 4.78 is 0. The second-order valence-corrected chi connectivity index (χ2v) is 7.25. The maximum atomic E-state index is 6.28. The monoisotopic (exact) mass is 410 g/mol. The predicted octanol–water partition coefficient (Wildman–Crippen LogP) is 2.46. The molecule has 0 saturated carbocycles. The zero-order valence-electron chi connectivity index (χ0n) is 16.1. The molecule has 1 atom stereocenters. The number of hydrogen-bond donors (Lipinski definition) is 3. The normalized spacial score (nSPS) is 16.8. The average Bonchev–Trinajstić information content (AvgIpc) is 3.44. The van der Waals surface area contributed by atoms with E-state index in [0.717, 1.165) is 48.2 Å². The zero-order valence-corrected chi connectivity index (χ0v) is 16.9. The minimum atomic E-state index is 0.278.